The largest absolute Gasteiger partial charge is 0.457 e. The fraction of sp³-hybridized carbons (Fsp3) is 0.333. The third-order valence-electron chi connectivity index (χ3n) is 11.4. The summed E-state index contributed by atoms with van der Waals surface area (Å²) in [6, 6.07) is 31.7. The maximum Gasteiger partial charge on any atom is 0.416 e. The first kappa shape index (κ1) is 61.2. The van der Waals surface area contributed by atoms with Gasteiger partial charge in [0, 0.05) is 65.4 Å². The molecule has 0 aliphatic heterocycles. The van der Waals surface area contributed by atoms with Gasteiger partial charge in [0.15, 0.2) is 0 Å². The van der Waals surface area contributed by atoms with Gasteiger partial charge in [-0.05, 0) is 113 Å². The van der Waals surface area contributed by atoms with Crippen LogP contribution >= 0.6 is 11.6 Å². The molecule has 20 heteroatoms. The molecule has 400 valence electrons. The van der Waals surface area contributed by atoms with E-state index in [9.17, 15) is 45.5 Å². The van der Waals surface area contributed by atoms with Crippen LogP contribution in [0.2, 0.25) is 0 Å². The van der Waals surface area contributed by atoms with Crippen molar-refractivity contribution >= 4 is 46.3 Å². The molecule has 0 spiro atoms. The predicted octanol–water partition coefficient (Wildman–Crippen LogP) is 12.9. The number of nitrogens with zero attached hydrogens (tertiary/aromatic N) is 3. The number of carbonyl (C=O) groups is 4. The molecule has 6 rings (SSSR count). The maximum atomic E-state index is 13.0. The second-order valence-electron chi connectivity index (χ2n) is 16.1. The normalized spacial score (nSPS) is 10.9. The molecule has 0 saturated carbocycles. The highest BCUT2D eigenvalue weighted by Crippen LogP contribution is 2.33. The lowest BCUT2D eigenvalue weighted by atomic mass is 10.1. The van der Waals surface area contributed by atoms with Gasteiger partial charge in [-0.15, -0.1) is 0 Å². The van der Waals surface area contributed by atoms with Gasteiger partial charge in [-0.1, -0.05) is 93.6 Å². The standard InChI is InChI=1S/C24H24F3N3O3.C22H22F3N3O.C6H15N.C2H3ClO2/c1-16-20(22(31)29-19-11-6-10-18(14-19)24(25,26)27)15-21(17-8-4-3-5-9-17)30(16)13-7-12-28-23(32)33-2;1-15-19(21(29)27-18-10-5-9-17(13-18)22(23,24)25)14-20(28(15)12-6-11-26)16-7-3-2-4-8-16;1-4-7(5-2)6-3;1-5-2(3)4/h3-6,8-11,14-15H,7,12-13H2,1-2H3,(H,28,32)(H,29,31);2-5,7-10,13-14H,6,11-12,26H2,1H3,(H,27,29);4-6H2,1-3H3;1H3. The van der Waals surface area contributed by atoms with Gasteiger partial charge in [-0.25, -0.2) is 9.59 Å². The molecule has 0 saturated heterocycles. The van der Waals surface area contributed by atoms with Crippen LogP contribution in [0, 0.1) is 13.8 Å². The van der Waals surface area contributed by atoms with Crippen molar-refractivity contribution in [1.82, 2.24) is 19.4 Å². The average Bonchev–Trinajstić information content (AvgIpc) is 3.90. The van der Waals surface area contributed by atoms with E-state index in [1.165, 1.54) is 58.1 Å². The number of alkyl carbamates (subject to hydrolysis) is 1. The number of carbonyl (C=O) groups excluding carboxylic acids is 4. The molecule has 0 fully saturated rings. The molecule has 0 atom stereocenters. The number of hydrogen-bond acceptors (Lipinski definition) is 8. The maximum absolute atomic E-state index is 13.0. The van der Waals surface area contributed by atoms with Crippen LogP contribution in [0.15, 0.2) is 121 Å². The van der Waals surface area contributed by atoms with Gasteiger partial charge in [0.1, 0.15) is 0 Å². The molecule has 6 aromatic rings. The van der Waals surface area contributed by atoms with Crippen LogP contribution in [0.4, 0.5) is 47.3 Å². The Bertz CT molecular complexity index is 2700. The number of methoxy groups -OCH3 is 2. The van der Waals surface area contributed by atoms with Crippen LogP contribution in [-0.4, -0.2) is 84.3 Å². The van der Waals surface area contributed by atoms with E-state index in [0.717, 1.165) is 58.9 Å². The molecular weight excluding hydrogens is 992 g/mol. The third kappa shape index (κ3) is 19.1. The lowest BCUT2D eigenvalue weighted by molar-refractivity contribution is -0.138. The second-order valence-corrected chi connectivity index (χ2v) is 16.4. The molecule has 74 heavy (non-hydrogen) atoms. The number of amides is 3. The number of hydrogen-bond donors (Lipinski definition) is 4. The topological polar surface area (TPSA) is 162 Å². The molecular formula is C54H64ClF6N7O6. The SMILES string of the molecule is CCN(CC)CC.COC(=O)Cl.COC(=O)NCCCn1c(-c2ccccc2)cc(C(=O)Nc2cccc(C(F)(F)F)c2)c1C.Cc1c(C(=O)Nc2cccc(C(F)(F)F)c2)cc(-c2ccccc2)n1CCCN. The molecule has 2 aromatic heterocycles. The summed E-state index contributed by atoms with van der Waals surface area (Å²) < 4.78 is 90.2. The summed E-state index contributed by atoms with van der Waals surface area (Å²) in [5.41, 5.74) is 9.06. The number of ether oxygens (including phenoxy) is 2. The van der Waals surface area contributed by atoms with Gasteiger partial charge >= 0.3 is 23.9 Å². The van der Waals surface area contributed by atoms with Crippen LogP contribution in [-0.2, 0) is 34.9 Å². The van der Waals surface area contributed by atoms with Gasteiger partial charge in [0.2, 0.25) is 0 Å². The predicted molar refractivity (Wildman–Crippen MR) is 278 cm³/mol. The lowest BCUT2D eigenvalue weighted by Gasteiger charge is -2.13. The van der Waals surface area contributed by atoms with E-state index >= 15 is 0 Å². The van der Waals surface area contributed by atoms with Crippen molar-refractivity contribution in [2.75, 3.05) is 57.6 Å². The van der Waals surface area contributed by atoms with Crippen LogP contribution in [0.25, 0.3) is 22.5 Å². The first-order valence-corrected chi connectivity index (χ1v) is 24.0. The van der Waals surface area contributed by atoms with Crippen LogP contribution in [0.5, 0.6) is 0 Å². The summed E-state index contributed by atoms with van der Waals surface area (Å²) in [7, 11) is 2.50. The highest BCUT2D eigenvalue weighted by Gasteiger charge is 2.32. The summed E-state index contributed by atoms with van der Waals surface area (Å²) in [5, 5.41) is 7.77. The number of rotatable bonds is 16. The van der Waals surface area contributed by atoms with Gasteiger partial charge in [-0.3, -0.25) is 9.59 Å². The molecule has 0 bridgehead atoms. The summed E-state index contributed by atoms with van der Waals surface area (Å²) in [5.74, 6) is -0.957. The smallest absolute Gasteiger partial charge is 0.416 e. The Labute approximate surface area is 433 Å². The van der Waals surface area contributed by atoms with Crippen molar-refractivity contribution in [1.29, 1.82) is 0 Å². The van der Waals surface area contributed by atoms with Gasteiger partial charge in [0.25, 0.3) is 11.8 Å². The first-order chi connectivity index (χ1) is 35.1. The van der Waals surface area contributed by atoms with Crippen molar-refractivity contribution in [2.24, 2.45) is 5.73 Å². The quantitative estimate of drug-likeness (QED) is 0.0423. The summed E-state index contributed by atoms with van der Waals surface area (Å²) in [4.78, 5) is 48.8. The average molecular weight is 1060 g/mol. The van der Waals surface area contributed by atoms with Crippen LogP contribution in [0.1, 0.15) is 76.8 Å². The van der Waals surface area contributed by atoms with Crippen molar-refractivity contribution in [3.8, 4) is 22.5 Å². The molecule has 0 unspecified atom stereocenters. The Hall–Kier alpha value is -7.09. The van der Waals surface area contributed by atoms with Crippen molar-refractivity contribution < 1.29 is 55.0 Å². The van der Waals surface area contributed by atoms with E-state index in [0.29, 0.717) is 49.4 Å². The van der Waals surface area contributed by atoms with Crippen molar-refractivity contribution in [3.63, 3.8) is 0 Å². The van der Waals surface area contributed by atoms with E-state index in [1.807, 2.05) is 76.7 Å². The molecule has 2 heterocycles. The second kappa shape index (κ2) is 30.2. The fourth-order valence-electron chi connectivity index (χ4n) is 7.39. The molecule has 0 aliphatic carbocycles. The summed E-state index contributed by atoms with van der Waals surface area (Å²) in [6.45, 7) is 15.8. The number of alkyl halides is 6. The Morgan fingerprint density at radius 2 is 0.986 bits per heavy atom. The number of halogens is 7. The van der Waals surface area contributed by atoms with Crippen LogP contribution < -0.4 is 21.7 Å². The molecule has 3 amide bonds. The van der Waals surface area contributed by atoms with E-state index in [-0.39, 0.29) is 11.4 Å². The molecule has 0 radical (unpaired) electrons. The van der Waals surface area contributed by atoms with E-state index < -0.39 is 46.8 Å². The highest BCUT2D eigenvalue weighted by atomic mass is 35.5. The number of anilines is 2. The zero-order chi connectivity index (χ0) is 55.0. The van der Waals surface area contributed by atoms with Crippen molar-refractivity contribution in [3.05, 3.63) is 155 Å². The minimum absolute atomic E-state index is 0.0607. The Balaban J connectivity index is 0.000000321. The van der Waals surface area contributed by atoms with Gasteiger partial charge in [0.05, 0.1) is 36.5 Å². The van der Waals surface area contributed by atoms with E-state index in [2.05, 4.69) is 62.7 Å². The van der Waals surface area contributed by atoms with Crippen LogP contribution in [0.3, 0.4) is 0 Å². The summed E-state index contributed by atoms with van der Waals surface area (Å²) in [6.07, 6.45) is -8.17. The van der Waals surface area contributed by atoms with Crippen molar-refractivity contribution in [2.45, 2.75) is 72.9 Å². The number of nitrogens with two attached hydrogens (primary N) is 1. The lowest BCUT2D eigenvalue weighted by Crippen LogP contribution is -2.25. The van der Waals surface area contributed by atoms with Gasteiger partial charge < -0.3 is 45.2 Å². The number of nitrogens with one attached hydrogen (secondary N) is 3. The third-order valence-corrected chi connectivity index (χ3v) is 11.5. The molecule has 0 aliphatic rings. The first-order valence-electron chi connectivity index (χ1n) is 23.6. The number of aromatic nitrogens is 2. The van der Waals surface area contributed by atoms with Gasteiger partial charge in [-0.2, -0.15) is 26.3 Å². The zero-order valence-corrected chi connectivity index (χ0v) is 43.2. The minimum Gasteiger partial charge on any atom is -0.457 e. The summed E-state index contributed by atoms with van der Waals surface area (Å²) >= 11 is 4.60. The molecule has 4 aromatic carbocycles. The molecule has 5 N–H and O–H groups in total. The minimum atomic E-state index is -4.50. The monoisotopic (exact) mass is 1060 g/mol. The van der Waals surface area contributed by atoms with E-state index in [4.69, 9.17) is 5.73 Å². The Morgan fingerprint density at radius 3 is 1.31 bits per heavy atom. The van der Waals surface area contributed by atoms with E-state index in [1.54, 1.807) is 19.1 Å². The highest BCUT2D eigenvalue weighted by molar-refractivity contribution is 6.61. The Kier molecular flexibility index (Phi) is 25.0. The zero-order valence-electron chi connectivity index (χ0n) is 42.4. The fourth-order valence-corrected chi connectivity index (χ4v) is 7.39. The Morgan fingerprint density at radius 1 is 0.595 bits per heavy atom. The number of benzene rings is 4. The molecule has 13 nitrogen and oxygen atoms in total.